The molecule has 0 bridgehead atoms. The van der Waals surface area contributed by atoms with E-state index in [1.165, 1.54) is 6.07 Å². The maximum Gasteiger partial charge on any atom is 0.251 e. The first-order valence-electron chi connectivity index (χ1n) is 6.53. The van der Waals surface area contributed by atoms with Crippen molar-refractivity contribution >= 4 is 39.1 Å². The Morgan fingerprint density at radius 3 is 2.43 bits per heavy atom. The molecule has 1 rings (SSSR count). The first-order valence-corrected chi connectivity index (χ1v) is 8.83. The number of halogens is 2. The first-order chi connectivity index (χ1) is 9.70. The maximum absolute atomic E-state index is 12.2. The molecular formula is C13H18Cl2N2O3S. The third-order valence-corrected chi connectivity index (χ3v) is 4.88. The van der Waals surface area contributed by atoms with Gasteiger partial charge in [-0.05, 0) is 25.0 Å². The Bertz CT molecular complexity index is 633. The Morgan fingerprint density at radius 1 is 1.33 bits per heavy atom. The molecule has 0 radical (unpaired) electrons. The highest BCUT2D eigenvalue weighted by Crippen LogP contribution is 2.30. The number of rotatable bonds is 6. The molecule has 1 atom stereocenters. The summed E-state index contributed by atoms with van der Waals surface area (Å²) in [4.78, 5) is 11.8. The van der Waals surface area contributed by atoms with Crippen LogP contribution in [0.1, 0.15) is 43.5 Å². The third kappa shape index (κ3) is 4.85. The first kappa shape index (κ1) is 18.2. The zero-order valence-corrected chi connectivity index (χ0v) is 14.1. The van der Waals surface area contributed by atoms with Crippen LogP contribution in [0, 0.1) is 0 Å². The van der Waals surface area contributed by atoms with Crippen molar-refractivity contribution in [3.63, 3.8) is 0 Å². The van der Waals surface area contributed by atoms with Gasteiger partial charge in [-0.3, -0.25) is 4.79 Å². The van der Waals surface area contributed by atoms with Gasteiger partial charge < -0.3 is 5.32 Å². The van der Waals surface area contributed by atoms with E-state index in [9.17, 15) is 13.2 Å². The lowest BCUT2D eigenvalue weighted by atomic mass is 10.1. The maximum atomic E-state index is 12.2. The summed E-state index contributed by atoms with van der Waals surface area (Å²) in [5.41, 5.74) is 0.114. The minimum atomic E-state index is -4.05. The lowest BCUT2D eigenvalue weighted by Crippen LogP contribution is -2.34. The van der Waals surface area contributed by atoms with E-state index in [2.05, 4.69) is 5.32 Å². The second-order valence-corrected chi connectivity index (χ2v) is 7.00. The van der Waals surface area contributed by atoms with E-state index in [1.807, 2.05) is 13.8 Å². The van der Waals surface area contributed by atoms with Crippen LogP contribution in [0.4, 0.5) is 0 Å². The molecule has 0 aliphatic carbocycles. The van der Waals surface area contributed by atoms with Crippen molar-refractivity contribution < 1.29 is 13.2 Å². The van der Waals surface area contributed by atoms with Gasteiger partial charge in [0.25, 0.3) is 5.91 Å². The fourth-order valence-corrected chi connectivity index (χ4v) is 3.26. The monoisotopic (exact) mass is 352 g/mol. The molecule has 118 valence electrons. The molecule has 1 unspecified atom stereocenters. The van der Waals surface area contributed by atoms with Gasteiger partial charge in [-0.1, -0.05) is 43.5 Å². The summed E-state index contributed by atoms with van der Waals surface area (Å²) in [7, 11) is -4.05. The highest BCUT2D eigenvalue weighted by Gasteiger charge is 2.20. The average Bonchev–Trinajstić information content (AvgIpc) is 2.39. The molecule has 5 nitrogen and oxygen atoms in total. The number of sulfonamides is 1. The Kier molecular flexibility index (Phi) is 6.46. The molecule has 0 fully saturated rings. The number of carbonyl (C=O) groups is 1. The van der Waals surface area contributed by atoms with Crippen LogP contribution in [0.3, 0.4) is 0 Å². The Hall–Kier alpha value is -0.820. The third-order valence-electron chi connectivity index (χ3n) is 3.03. The fourth-order valence-electron chi connectivity index (χ4n) is 1.90. The van der Waals surface area contributed by atoms with Crippen molar-refractivity contribution in [2.45, 2.75) is 44.0 Å². The summed E-state index contributed by atoms with van der Waals surface area (Å²) in [6, 6.07) is 2.49. The van der Waals surface area contributed by atoms with Crippen LogP contribution < -0.4 is 10.5 Å². The van der Waals surface area contributed by atoms with E-state index in [0.29, 0.717) is 0 Å². The predicted molar refractivity (Wildman–Crippen MR) is 84.3 cm³/mol. The van der Waals surface area contributed by atoms with Crippen molar-refractivity contribution in [1.82, 2.24) is 5.32 Å². The quantitative estimate of drug-likeness (QED) is 0.824. The van der Waals surface area contributed by atoms with Gasteiger partial charge in [-0.2, -0.15) is 0 Å². The SMILES string of the molecule is CCCC(CC)NC(=O)c1cc(Cl)c(Cl)c(S(N)(=O)=O)c1. The summed E-state index contributed by atoms with van der Waals surface area (Å²) in [6.07, 6.45) is 2.55. The lowest BCUT2D eigenvalue weighted by molar-refractivity contribution is 0.0933. The molecule has 1 aromatic carbocycles. The number of hydrogen-bond donors (Lipinski definition) is 2. The van der Waals surface area contributed by atoms with Gasteiger partial charge in [0.05, 0.1) is 10.0 Å². The van der Waals surface area contributed by atoms with Gasteiger partial charge in [0.1, 0.15) is 4.90 Å². The Morgan fingerprint density at radius 2 is 1.95 bits per heavy atom. The Labute approximate surface area is 134 Å². The number of amides is 1. The molecule has 0 spiro atoms. The molecule has 1 amide bonds. The van der Waals surface area contributed by atoms with Gasteiger partial charge in [0.15, 0.2) is 0 Å². The highest BCUT2D eigenvalue weighted by atomic mass is 35.5. The van der Waals surface area contributed by atoms with Crippen molar-refractivity contribution in [3.05, 3.63) is 27.7 Å². The van der Waals surface area contributed by atoms with Crippen molar-refractivity contribution in [2.24, 2.45) is 5.14 Å². The van der Waals surface area contributed by atoms with Crippen LogP contribution in [-0.4, -0.2) is 20.4 Å². The molecule has 0 saturated carbocycles. The van der Waals surface area contributed by atoms with Gasteiger partial charge in [0.2, 0.25) is 10.0 Å². The molecule has 8 heteroatoms. The smallest absolute Gasteiger partial charge is 0.251 e. The van der Waals surface area contributed by atoms with Crippen LogP contribution in [-0.2, 0) is 10.0 Å². The number of nitrogens with one attached hydrogen (secondary N) is 1. The number of benzene rings is 1. The van der Waals surface area contributed by atoms with E-state index >= 15 is 0 Å². The van der Waals surface area contributed by atoms with E-state index in [1.54, 1.807) is 0 Å². The molecule has 3 N–H and O–H groups in total. The van der Waals surface area contributed by atoms with E-state index in [4.69, 9.17) is 28.3 Å². The van der Waals surface area contributed by atoms with Crippen LogP contribution in [0.25, 0.3) is 0 Å². The second-order valence-electron chi connectivity index (χ2n) is 4.68. The standard InChI is InChI=1S/C13H18Cl2N2O3S/c1-3-5-9(4-2)17-13(18)8-6-10(14)12(15)11(7-8)21(16,19)20/h6-7,9H,3-5H2,1-2H3,(H,17,18)(H2,16,19,20). The van der Waals surface area contributed by atoms with E-state index in [0.717, 1.165) is 25.3 Å². The van der Waals surface area contributed by atoms with Crippen molar-refractivity contribution in [1.29, 1.82) is 0 Å². The van der Waals surface area contributed by atoms with Crippen molar-refractivity contribution in [2.75, 3.05) is 0 Å². The molecule has 0 heterocycles. The number of primary sulfonamides is 1. The van der Waals surface area contributed by atoms with Crippen LogP contribution in [0.15, 0.2) is 17.0 Å². The van der Waals surface area contributed by atoms with Gasteiger partial charge in [-0.25, -0.2) is 13.6 Å². The highest BCUT2D eigenvalue weighted by molar-refractivity contribution is 7.89. The number of carbonyl (C=O) groups excluding carboxylic acids is 1. The molecule has 0 aliphatic rings. The zero-order valence-electron chi connectivity index (χ0n) is 11.8. The molecule has 21 heavy (non-hydrogen) atoms. The summed E-state index contributed by atoms with van der Waals surface area (Å²) in [5, 5.41) is 7.69. The van der Waals surface area contributed by atoms with E-state index < -0.39 is 15.9 Å². The average molecular weight is 353 g/mol. The zero-order chi connectivity index (χ0) is 16.2. The molecule has 1 aromatic rings. The van der Waals surface area contributed by atoms with Gasteiger partial charge >= 0.3 is 0 Å². The normalized spacial score (nSPS) is 13.0. The Balaban J connectivity index is 3.14. The minimum Gasteiger partial charge on any atom is -0.349 e. The van der Waals surface area contributed by atoms with Crippen molar-refractivity contribution in [3.8, 4) is 0 Å². The van der Waals surface area contributed by atoms with Crippen LogP contribution in [0.5, 0.6) is 0 Å². The molecule has 0 aromatic heterocycles. The van der Waals surface area contributed by atoms with Crippen LogP contribution >= 0.6 is 23.2 Å². The minimum absolute atomic E-state index is 0.0230. The van der Waals surface area contributed by atoms with Gasteiger partial charge in [-0.15, -0.1) is 0 Å². The van der Waals surface area contributed by atoms with Crippen LogP contribution in [0.2, 0.25) is 10.0 Å². The lowest BCUT2D eigenvalue weighted by Gasteiger charge is -2.16. The largest absolute Gasteiger partial charge is 0.349 e. The predicted octanol–water partition coefficient (Wildman–Crippen LogP) is 2.95. The summed E-state index contributed by atoms with van der Waals surface area (Å²) < 4.78 is 22.9. The van der Waals surface area contributed by atoms with Gasteiger partial charge in [0, 0.05) is 11.6 Å². The topological polar surface area (TPSA) is 89.3 Å². The summed E-state index contributed by atoms with van der Waals surface area (Å²) in [5.74, 6) is -0.404. The number of nitrogens with two attached hydrogens (primary N) is 1. The summed E-state index contributed by atoms with van der Waals surface area (Å²) in [6.45, 7) is 3.98. The second kappa shape index (κ2) is 7.45. The molecular weight excluding hydrogens is 335 g/mol. The molecule has 0 aliphatic heterocycles. The van der Waals surface area contributed by atoms with E-state index in [-0.39, 0.29) is 26.5 Å². The fraction of sp³-hybridized carbons (Fsp3) is 0.462. The summed E-state index contributed by atoms with van der Waals surface area (Å²) >= 11 is 11.7. The number of hydrogen-bond acceptors (Lipinski definition) is 3. The molecule has 0 saturated heterocycles.